The number of ether oxygens (including phenoxy) is 2. The van der Waals surface area contributed by atoms with E-state index < -0.39 is 12.0 Å². The normalized spacial score (nSPS) is 21.3. The van der Waals surface area contributed by atoms with E-state index in [1.165, 1.54) is 18.3 Å². The predicted octanol–water partition coefficient (Wildman–Crippen LogP) is 6.26. The lowest BCUT2D eigenvalue weighted by atomic mass is 9.73. The fraction of sp³-hybridized carbons (Fsp3) is 0.484. The Balaban J connectivity index is 1.22. The average molecular weight is 567 g/mol. The molecule has 0 amide bonds. The Labute approximate surface area is 238 Å². The third-order valence-corrected chi connectivity index (χ3v) is 8.15. The first kappa shape index (κ1) is 29.0. The molecular formula is C31H36F2N4O4. The van der Waals surface area contributed by atoms with Crippen molar-refractivity contribution >= 4 is 17.6 Å². The van der Waals surface area contributed by atoms with Crippen LogP contribution in [0.3, 0.4) is 0 Å². The van der Waals surface area contributed by atoms with Crippen molar-refractivity contribution in [3.8, 4) is 11.3 Å². The number of rotatable bonds is 8. The number of esters is 1. The maximum atomic E-state index is 13.1. The topological polar surface area (TPSA) is 106 Å². The van der Waals surface area contributed by atoms with Crippen LogP contribution in [0.1, 0.15) is 68.7 Å². The fourth-order valence-corrected chi connectivity index (χ4v) is 5.66. The first-order valence-corrected chi connectivity index (χ1v) is 14.2. The number of hydrogen-bond donors (Lipinski definition) is 2. The molecule has 5 rings (SSSR count). The molecule has 2 fully saturated rings. The van der Waals surface area contributed by atoms with Crippen molar-refractivity contribution < 1.29 is 28.2 Å². The highest BCUT2D eigenvalue weighted by Gasteiger charge is 2.39. The molecule has 1 saturated carbocycles. The summed E-state index contributed by atoms with van der Waals surface area (Å²) in [4.78, 5) is 26.0. The van der Waals surface area contributed by atoms with Crippen LogP contribution in [0.5, 0.6) is 0 Å². The summed E-state index contributed by atoms with van der Waals surface area (Å²) in [6.45, 7) is 4.97. The van der Waals surface area contributed by atoms with Gasteiger partial charge in [0.2, 0.25) is 0 Å². The number of nitrogens with one attached hydrogen (secondary N) is 1. The van der Waals surface area contributed by atoms with Crippen LogP contribution in [-0.4, -0.2) is 45.3 Å². The zero-order chi connectivity index (χ0) is 29.0. The molecule has 0 spiro atoms. The number of pyridine rings is 3. The van der Waals surface area contributed by atoms with Crippen molar-refractivity contribution in [2.75, 3.05) is 18.5 Å². The molecule has 1 aliphatic carbocycles. The lowest BCUT2D eigenvalue weighted by Crippen LogP contribution is -2.37. The van der Waals surface area contributed by atoms with Gasteiger partial charge in [-0.25, -0.2) is 18.7 Å². The summed E-state index contributed by atoms with van der Waals surface area (Å²) < 4.78 is 37.2. The summed E-state index contributed by atoms with van der Waals surface area (Å²) >= 11 is 0. The maximum Gasteiger partial charge on any atom is 0.309 e. The first-order valence-electron chi connectivity index (χ1n) is 14.2. The summed E-state index contributed by atoms with van der Waals surface area (Å²) in [7, 11) is 0. The van der Waals surface area contributed by atoms with Crippen molar-refractivity contribution in [2.24, 2.45) is 11.8 Å². The number of aromatic nitrogens is 3. The van der Waals surface area contributed by atoms with Gasteiger partial charge in [0.1, 0.15) is 23.3 Å². The van der Waals surface area contributed by atoms with Crippen molar-refractivity contribution in [1.29, 1.82) is 0 Å². The predicted molar refractivity (Wildman–Crippen MR) is 150 cm³/mol. The molecule has 10 heteroatoms. The van der Waals surface area contributed by atoms with Gasteiger partial charge in [-0.1, -0.05) is 0 Å². The fourth-order valence-electron chi connectivity index (χ4n) is 5.66. The minimum atomic E-state index is -2.59. The minimum absolute atomic E-state index is 0.0302. The molecule has 218 valence electrons. The second kappa shape index (κ2) is 12.6. The zero-order valence-corrected chi connectivity index (χ0v) is 23.4. The number of halogens is 2. The molecule has 2 N–H and O–H groups in total. The number of nitrogens with zero attached hydrogens (tertiary/aromatic N) is 3. The lowest BCUT2D eigenvalue weighted by Gasteiger charge is -2.37. The highest BCUT2D eigenvalue weighted by Crippen LogP contribution is 2.41. The van der Waals surface area contributed by atoms with E-state index in [1.807, 2.05) is 31.2 Å². The summed E-state index contributed by atoms with van der Waals surface area (Å²) in [5, 5.41) is 14.5. The van der Waals surface area contributed by atoms with Gasteiger partial charge in [0.15, 0.2) is 0 Å². The van der Waals surface area contributed by atoms with E-state index in [0.29, 0.717) is 56.1 Å². The summed E-state index contributed by atoms with van der Waals surface area (Å²) in [6.07, 6.45) is 4.65. The van der Waals surface area contributed by atoms with E-state index in [1.54, 1.807) is 13.1 Å². The monoisotopic (exact) mass is 566 g/mol. The van der Waals surface area contributed by atoms with E-state index in [4.69, 9.17) is 9.47 Å². The van der Waals surface area contributed by atoms with Gasteiger partial charge >= 0.3 is 5.97 Å². The lowest BCUT2D eigenvalue weighted by molar-refractivity contribution is -0.160. The summed E-state index contributed by atoms with van der Waals surface area (Å²) in [5.41, 5.74) is 1.62. The molecule has 0 radical (unpaired) electrons. The van der Waals surface area contributed by atoms with Gasteiger partial charge in [0.05, 0.1) is 30.5 Å². The quantitative estimate of drug-likeness (QED) is 0.308. The van der Waals surface area contributed by atoms with Crippen molar-refractivity contribution in [2.45, 2.75) is 70.5 Å². The van der Waals surface area contributed by atoms with Gasteiger partial charge in [-0.3, -0.25) is 9.78 Å². The number of alkyl halides is 2. The number of aliphatic hydroxyl groups is 1. The number of carbonyl (C=O) groups is 1. The third kappa shape index (κ3) is 7.05. The summed E-state index contributed by atoms with van der Waals surface area (Å²) in [6, 6.07) is 9.98. The van der Waals surface area contributed by atoms with Gasteiger partial charge < -0.3 is 19.9 Å². The SMILES string of the molecule is Cc1cc(Nc2cc(C(F)F)ccn2)nc(-c2ccc(C(C)(O)C3CCC(C(=O)OC4CCOCC4)CC3)nc2)c1. The second-order valence-corrected chi connectivity index (χ2v) is 11.2. The molecule has 0 aromatic carbocycles. The Morgan fingerprint density at radius 3 is 2.49 bits per heavy atom. The largest absolute Gasteiger partial charge is 0.462 e. The van der Waals surface area contributed by atoms with Crippen molar-refractivity contribution in [3.05, 3.63) is 65.6 Å². The maximum absolute atomic E-state index is 13.1. The molecule has 1 aliphatic heterocycles. The van der Waals surface area contributed by atoms with E-state index in [-0.39, 0.29) is 35.3 Å². The van der Waals surface area contributed by atoms with Crippen molar-refractivity contribution in [3.63, 3.8) is 0 Å². The van der Waals surface area contributed by atoms with E-state index in [2.05, 4.69) is 20.3 Å². The van der Waals surface area contributed by atoms with E-state index >= 15 is 0 Å². The molecule has 1 unspecified atom stereocenters. The van der Waals surface area contributed by atoms with Gasteiger partial charge in [0, 0.05) is 36.4 Å². The molecule has 1 atom stereocenters. The van der Waals surface area contributed by atoms with Gasteiger partial charge in [-0.05, 0) is 87.4 Å². The van der Waals surface area contributed by atoms with Gasteiger partial charge in [0.25, 0.3) is 6.43 Å². The van der Waals surface area contributed by atoms with Crippen LogP contribution in [0.25, 0.3) is 11.3 Å². The number of anilines is 2. The highest BCUT2D eigenvalue weighted by molar-refractivity contribution is 5.72. The van der Waals surface area contributed by atoms with Crippen LogP contribution in [0.2, 0.25) is 0 Å². The van der Waals surface area contributed by atoms with Crippen LogP contribution >= 0.6 is 0 Å². The van der Waals surface area contributed by atoms with Crippen molar-refractivity contribution in [1.82, 2.24) is 15.0 Å². The Morgan fingerprint density at radius 2 is 1.80 bits per heavy atom. The number of hydrogen-bond acceptors (Lipinski definition) is 8. The number of aryl methyl sites for hydroxylation is 1. The molecule has 1 saturated heterocycles. The molecule has 4 heterocycles. The molecule has 8 nitrogen and oxygen atoms in total. The van der Waals surface area contributed by atoms with Crippen LogP contribution in [0, 0.1) is 18.8 Å². The second-order valence-electron chi connectivity index (χ2n) is 11.2. The van der Waals surface area contributed by atoms with Crippen LogP contribution in [0.4, 0.5) is 20.4 Å². The number of carbonyl (C=O) groups excluding carboxylic acids is 1. The first-order chi connectivity index (χ1) is 19.7. The van der Waals surface area contributed by atoms with Gasteiger partial charge in [-0.15, -0.1) is 0 Å². The zero-order valence-electron chi connectivity index (χ0n) is 23.4. The Morgan fingerprint density at radius 1 is 1.05 bits per heavy atom. The molecular weight excluding hydrogens is 530 g/mol. The standard InChI is InChI=1S/C31H36F2N4O4/c1-19-15-25(36-28(16-19)37-27-17-21(29(32)33)9-12-34-27)22-5-8-26(35-18-22)31(2,39)23-6-3-20(4-7-23)30(38)41-24-10-13-40-14-11-24/h5,8-9,12,15-18,20,23-24,29,39H,3-4,6-7,10-11,13-14H2,1-2H3,(H,34,36,37). The van der Waals surface area contributed by atoms with E-state index in [9.17, 15) is 18.7 Å². The van der Waals surface area contributed by atoms with Crippen LogP contribution in [-0.2, 0) is 19.9 Å². The average Bonchev–Trinajstić information content (AvgIpc) is 2.97. The Hall–Kier alpha value is -3.50. The van der Waals surface area contributed by atoms with E-state index in [0.717, 1.165) is 24.0 Å². The summed E-state index contributed by atoms with van der Waals surface area (Å²) in [5.74, 6) is 0.459. The van der Waals surface area contributed by atoms with Crippen LogP contribution < -0.4 is 5.32 Å². The molecule has 3 aromatic heterocycles. The minimum Gasteiger partial charge on any atom is -0.462 e. The van der Waals surface area contributed by atoms with Crippen LogP contribution in [0.15, 0.2) is 48.8 Å². The molecule has 0 bridgehead atoms. The Bertz CT molecular complexity index is 1340. The molecule has 3 aromatic rings. The highest BCUT2D eigenvalue weighted by atomic mass is 19.3. The molecule has 41 heavy (non-hydrogen) atoms. The Kier molecular flexibility index (Phi) is 8.89. The third-order valence-electron chi connectivity index (χ3n) is 8.15. The van der Waals surface area contributed by atoms with Gasteiger partial charge in [-0.2, -0.15) is 0 Å². The smallest absolute Gasteiger partial charge is 0.309 e. The molecule has 2 aliphatic rings.